The topological polar surface area (TPSA) is 76.1 Å². The molecule has 6 nitrogen and oxygen atoms in total. The second-order valence-electron chi connectivity index (χ2n) is 7.19. The van der Waals surface area contributed by atoms with Gasteiger partial charge in [-0.25, -0.2) is 4.79 Å². The smallest absolute Gasteiger partial charge is 0.410 e. The van der Waals surface area contributed by atoms with E-state index in [9.17, 15) is 14.7 Å². The number of phenols is 1. The number of fused-ring (bicyclic) bond motifs is 1. The van der Waals surface area contributed by atoms with E-state index in [0.717, 1.165) is 0 Å². The van der Waals surface area contributed by atoms with Crippen molar-refractivity contribution in [2.45, 2.75) is 44.8 Å². The van der Waals surface area contributed by atoms with Crippen molar-refractivity contribution in [1.29, 1.82) is 0 Å². The Morgan fingerprint density at radius 1 is 1.39 bits per heavy atom. The lowest BCUT2D eigenvalue weighted by Gasteiger charge is -2.35. The van der Waals surface area contributed by atoms with Gasteiger partial charge in [0.25, 0.3) is 0 Å². The van der Waals surface area contributed by atoms with Crippen LogP contribution in [0.15, 0.2) is 18.2 Å². The summed E-state index contributed by atoms with van der Waals surface area (Å²) >= 11 is 0. The standard InChI is InChI=1S/C17H21NO5/c1-16(2,3)23-15(21)18-8-7-17(10-18)9-12(20)14-11(19)5-4-6-13(14)22-17/h4-6,19H,7-10H2,1-3H3. The van der Waals surface area contributed by atoms with Crippen molar-refractivity contribution >= 4 is 11.9 Å². The fourth-order valence-corrected chi connectivity index (χ4v) is 3.09. The molecule has 1 spiro atoms. The number of phenolic OH excluding ortho intramolecular Hbond substituents is 1. The number of carbonyl (C=O) groups excluding carboxylic acids is 2. The molecule has 1 N–H and O–H groups in total. The molecule has 0 aromatic heterocycles. The van der Waals surface area contributed by atoms with E-state index in [1.807, 2.05) is 20.8 Å². The Kier molecular flexibility index (Phi) is 3.50. The van der Waals surface area contributed by atoms with Crippen LogP contribution < -0.4 is 4.74 Å². The molecule has 1 fully saturated rings. The maximum atomic E-state index is 12.4. The van der Waals surface area contributed by atoms with Gasteiger partial charge in [-0.05, 0) is 32.9 Å². The summed E-state index contributed by atoms with van der Waals surface area (Å²) in [6.45, 7) is 6.24. The first-order valence-electron chi connectivity index (χ1n) is 7.71. The Hall–Kier alpha value is -2.24. The van der Waals surface area contributed by atoms with Crippen molar-refractivity contribution in [2.75, 3.05) is 13.1 Å². The Morgan fingerprint density at radius 3 is 2.83 bits per heavy atom. The van der Waals surface area contributed by atoms with Crippen LogP contribution in [0.4, 0.5) is 4.79 Å². The first-order valence-corrected chi connectivity index (χ1v) is 7.71. The van der Waals surface area contributed by atoms with Gasteiger partial charge in [0.1, 0.15) is 28.3 Å². The van der Waals surface area contributed by atoms with Crippen molar-refractivity contribution in [3.8, 4) is 11.5 Å². The van der Waals surface area contributed by atoms with Gasteiger partial charge in [0, 0.05) is 13.0 Å². The largest absolute Gasteiger partial charge is 0.507 e. The summed E-state index contributed by atoms with van der Waals surface area (Å²) in [4.78, 5) is 26.2. The SMILES string of the molecule is CC(C)(C)OC(=O)N1CCC2(CC(=O)c3c(O)cccc3O2)C1. The molecule has 1 unspecified atom stereocenters. The van der Waals surface area contributed by atoms with Crippen LogP contribution in [0.5, 0.6) is 11.5 Å². The quantitative estimate of drug-likeness (QED) is 0.795. The monoisotopic (exact) mass is 319 g/mol. The van der Waals surface area contributed by atoms with Crippen LogP contribution in [-0.2, 0) is 4.74 Å². The Bertz CT molecular complexity index is 663. The molecule has 1 amide bonds. The van der Waals surface area contributed by atoms with E-state index in [2.05, 4.69) is 0 Å². The molecule has 0 aliphatic carbocycles. The lowest BCUT2D eigenvalue weighted by molar-refractivity contribution is 0.0170. The molecule has 1 saturated heterocycles. The molecule has 2 heterocycles. The van der Waals surface area contributed by atoms with Gasteiger partial charge >= 0.3 is 6.09 Å². The number of rotatable bonds is 0. The molecular weight excluding hydrogens is 298 g/mol. The van der Waals surface area contributed by atoms with Crippen LogP contribution >= 0.6 is 0 Å². The van der Waals surface area contributed by atoms with Crippen molar-refractivity contribution in [2.24, 2.45) is 0 Å². The maximum Gasteiger partial charge on any atom is 0.410 e. The average molecular weight is 319 g/mol. The number of hydrogen-bond donors (Lipinski definition) is 1. The number of benzene rings is 1. The van der Waals surface area contributed by atoms with E-state index in [0.29, 0.717) is 25.3 Å². The fourth-order valence-electron chi connectivity index (χ4n) is 3.09. The second-order valence-corrected chi connectivity index (χ2v) is 7.19. The van der Waals surface area contributed by atoms with E-state index in [1.165, 1.54) is 6.07 Å². The Morgan fingerprint density at radius 2 is 2.13 bits per heavy atom. The minimum absolute atomic E-state index is 0.0654. The zero-order valence-electron chi connectivity index (χ0n) is 13.6. The first-order chi connectivity index (χ1) is 10.7. The highest BCUT2D eigenvalue weighted by Crippen LogP contribution is 2.41. The van der Waals surface area contributed by atoms with Crippen LogP contribution in [-0.4, -0.2) is 46.2 Å². The first kappa shape index (κ1) is 15.6. The summed E-state index contributed by atoms with van der Waals surface area (Å²) in [5, 5.41) is 9.84. The third kappa shape index (κ3) is 2.98. The molecule has 1 atom stereocenters. The normalized spacial score (nSPS) is 23.6. The molecular formula is C17H21NO5. The van der Waals surface area contributed by atoms with E-state index in [1.54, 1.807) is 17.0 Å². The van der Waals surface area contributed by atoms with Gasteiger partial charge in [0.05, 0.1) is 13.0 Å². The van der Waals surface area contributed by atoms with Gasteiger partial charge in [0.15, 0.2) is 5.78 Å². The van der Waals surface area contributed by atoms with Gasteiger partial charge in [-0.3, -0.25) is 4.79 Å². The number of likely N-dealkylation sites (tertiary alicyclic amines) is 1. The summed E-state index contributed by atoms with van der Waals surface area (Å²) in [5.74, 6) is 0.159. The molecule has 2 aliphatic rings. The number of hydrogen-bond acceptors (Lipinski definition) is 5. The highest BCUT2D eigenvalue weighted by Gasteiger charge is 2.48. The summed E-state index contributed by atoms with van der Waals surface area (Å²) in [7, 11) is 0. The number of ether oxygens (including phenoxy) is 2. The van der Waals surface area contributed by atoms with Gasteiger partial charge in [-0.1, -0.05) is 6.07 Å². The second kappa shape index (κ2) is 5.15. The number of ketones is 1. The summed E-state index contributed by atoms with van der Waals surface area (Å²) in [6, 6.07) is 4.78. The summed E-state index contributed by atoms with van der Waals surface area (Å²) < 4.78 is 11.4. The number of aromatic hydroxyl groups is 1. The maximum absolute atomic E-state index is 12.4. The number of Topliss-reactive ketones (excluding diaryl/α,β-unsaturated/α-hetero) is 1. The van der Waals surface area contributed by atoms with Crippen molar-refractivity contribution in [3.63, 3.8) is 0 Å². The third-order valence-corrected chi connectivity index (χ3v) is 4.06. The lowest BCUT2D eigenvalue weighted by atomic mass is 9.89. The minimum atomic E-state index is -0.727. The average Bonchev–Trinajstić information content (AvgIpc) is 2.80. The third-order valence-electron chi connectivity index (χ3n) is 4.06. The summed E-state index contributed by atoms with van der Waals surface area (Å²) in [6.07, 6.45) is 0.316. The number of amides is 1. The van der Waals surface area contributed by atoms with Crippen molar-refractivity contribution in [1.82, 2.24) is 4.90 Å². The van der Waals surface area contributed by atoms with Crippen molar-refractivity contribution < 1.29 is 24.2 Å². The molecule has 3 rings (SSSR count). The Labute approximate surface area is 135 Å². The predicted molar refractivity (Wildman–Crippen MR) is 82.8 cm³/mol. The highest BCUT2D eigenvalue weighted by atomic mass is 16.6. The van der Waals surface area contributed by atoms with E-state index in [4.69, 9.17) is 9.47 Å². The molecule has 1 aromatic carbocycles. The van der Waals surface area contributed by atoms with Crippen LogP contribution in [0.2, 0.25) is 0 Å². The van der Waals surface area contributed by atoms with Gasteiger partial charge in [-0.2, -0.15) is 0 Å². The van der Waals surface area contributed by atoms with Gasteiger partial charge < -0.3 is 19.5 Å². The zero-order valence-corrected chi connectivity index (χ0v) is 13.6. The highest BCUT2D eigenvalue weighted by molar-refractivity contribution is 6.02. The molecule has 23 heavy (non-hydrogen) atoms. The molecule has 0 radical (unpaired) electrons. The predicted octanol–water partition coefficient (Wildman–Crippen LogP) is 2.74. The number of carbonyl (C=O) groups is 2. The lowest BCUT2D eigenvalue weighted by Crippen LogP contribution is -2.46. The summed E-state index contributed by atoms with van der Waals surface area (Å²) in [5.41, 5.74) is -1.06. The van der Waals surface area contributed by atoms with Crippen LogP contribution in [0.1, 0.15) is 44.0 Å². The van der Waals surface area contributed by atoms with E-state index >= 15 is 0 Å². The van der Waals surface area contributed by atoms with Crippen molar-refractivity contribution in [3.05, 3.63) is 23.8 Å². The molecule has 0 saturated carbocycles. The van der Waals surface area contributed by atoms with Crippen LogP contribution in [0, 0.1) is 0 Å². The molecule has 2 aliphatic heterocycles. The van der Waals surface area contributed by atoms with Gasteiger partial charge in [0.2, 0.25) is 0 Å². The molecule has 124 valence electrons. The Balaban J connectivity index is 1.78. The van der Waals surface area contributed by atoms with Gasteiger partial charge in [-0.15, -0.1) is 0 Å². The zero-order chi connectivity index (χ0) is 16.8. The van der Waals surface area contributed by atoms with E-state index in [-0.39, 0.29) is 23.5 Å². The van der Waals surface area contributed by atoms with E-state index < -0.39 is 17.3 Å². The molecule has 6 heteroatoms. The fraction of sp³-hybridized carbons (Fsp3) is 0.529. The molecule has 0 bridgehead atoms. The van der Waals surface area contributed by atoms with Crippen LogP contribution in [0.3, 0.4) is 0 Å². The van der Waals surface area contributed by atoms with Crippen LogP contribution in [0.25, 0.3) is 0 Å². The molecule has 1 aromatic rings. The minimum Gasteiger partial charge on any atom is -0.507 e. The number of nitrogens with zero attached hydrogens (tertiary/aromatic N) is 1.